The molecule has 1 N–H and O–H groups in total. The zero-order chi connectivity index (χ0) is 16.8. The van der Waals surface area contributed by atoms with Crippen molar-refractivity contribution in [2.24, 2.45) is 5.92 Å². The van der Waals surface area contributed by atoms with Crippen molar-refractivity contribution in [1.29, 1.82) is 0 Å². The molecule has 1 unspecified atom stereocenters. The predicted octanol–water partition coefficient (Wildman–Crippen LogP) is 2.55. The Labute approximate surface area is 139 Å². The van der Waals surface area contributed by atoms with Crippen molar-refractivity contribution in [2.75, 3.05) is 33.4 Å². The lowest BCUT2D eigenvalue weighted by molar-refractivity contribution is 0.0708. The van der Waals surface area contributed by atoms with Crippen LogP contribution in [0.25, 0.3) is 0 Å². The Balaban J connectivity index is 2.06. The van der Waals surface area contributed by atoms with Crippen molar-refractivity contribution >= 4 is 5.91 Å². The second-order valence-electron chi connectivity index (χ2n) is 6.50. The third-order valence-corrected chi connectivity index (χ3v) is 4.02. The molecule has 1 aromatic rings. The molecular weight excluding hydrogens is 292 g/mol. The van der Waals surface area contributed by atoms with Crippen LogP contribution in [0, 0.1) is 5.92 Å². The minimum absolute atomic E-state index is 0.0466. The predicted molar refractivity (Wildman–Crippen MR) is 91.3 cm³/mol. The van der Waals surface area contributed by atoms with Gasteiger partial charge >= 0.3 is 0 Å². The lowest BCUT2D eigenvalue weighted by atomic mass is 10.1. The van der Waals surface area contributed by atoms with E-state index in [2.05, 4.69) is 26.1 Å². The van der Waals surface area contributed by atoms with E-state index in [9.17, 15) is 4.79 Å². The normalized spacial score (nSPS) is 18.1. The number of ether oxygens (including phenoxy) is 2. The number of carbonyl (C=O) groups excluding carboxylic acids is 1. The quantitative estimate of drug-likeness (QED) is 0.875. The summed E-state index contributed by atoms with van der Waals surface area (Å²) in [6.45, 7) is 9.36. The van der Waals surface area contributed by atoms with Crippen LogP contribution in [-0.4, -0.2) is 50.2 Å². The van der Waals surface area contributed by atoms with Gasteiger partial charge in [-0.15, -0.1) is 0 Å². The highest BCUT2D eigenvalue weighted by molar-refractivity contribution is 5.95. The van der Waals surface area contributed by atoms with E-state index < -0.39 is 0 Å². The van der Waals surface area contributed by atoms with E-state index in [1.165, 1.54) is 0 Å². The maximum atomic E-state index is 12.6. The number of carbonyl (C=O) groups is 1. The molecule has 128 valence electrons. The molecule has 0 radical (unpaired) electrons. The number of benzene rings is 1. The minimum Gasteiger partial charge on any atom is -0.493 e. The summed E-state index contributed by atoms with van der Waals surface area (Å²) in [7, 11) is 1.60. The van der Waals surface area contributed by atoms with Gasteiger partial charge in [0.15, 0.2) is 11.5 Å². The van der Waals surface area contributed by atoms with Crippen molar-refractivity contribution in [3.05, 3.63) is 23.8 Å². The summed E-state index contributed by atoms with van der Waals surface area (Å²) < 4.78 is 11.2. The van der Waals surface area contributed by atoms with Crippen LogP contribution in [0.2, 0.25) is 0 Å². The fourth-order valence-electron chi connectivity index (χ4n) is 2.62. The zero-order valence-electron chi connectivity index (χ0n) is 14.6. The Morgan fingerprint density at radius 1 is 1.39 bits per heavy atom. The second kappa shape index (κ2) is 8.20. The molecule has 1 aromatic carbocycles. The first-order chi connectivity index (χ1) is 11.0. The molecule has 23 heavy (non-hydrogen) atoms. The van der Waals surface area contributed by atoms with E-state index in [1.54, 1.807) is 13.2 Å². The Bertz CT molecular complexity index is 531. The Morgan fingerprint density at radius 2 is 2.17 bits per heavy atom. The highest BCUT2D eigenvalue weighted by atomic mass is 16.5. The van der Waals surface area contributed by atoms with Crippen LogP contribution in [0.5, 0.6) is 11.5 Å². The van der Waals surface area contributed by atoms with Gasteiger partial charge in [0.25, 0.3) is 5.91 Å². The summed E-state index contributed by atoms with van der Waals surface area (Å²) in [5, 5.41) is 3.34. The second-order valence-corrected chi connectivity index (χ2v) is 6.50. The summed E-state index contributed by atoms with van der Waals surface area (Å²) in [4.78, 5) is 14.5. The number of methoxy groups -OCH3 is 1. The molecule has 5 nitrogen and oxygen atoms in total. The number of nitrogens with one attached hydrogen (secondary N) is 1. The maximum Gasteiger partial charge on any atom is 0.254 e. The number of piperazine rings is 1. The van der Waals surface area contributed by atoms with E-state index in [-0.39, 0.29) is 5.91 Å². The highest BCUT2D eigenvalue weighted by Crippen LogP contribution is 2.29. The zero-order valence-corrected chi connectivity index (χ0v) is 14.6. The molecule has 5 heteroatoms. The van der Waals surface area contributed by atoms with Crippen LogP contribution < -0.4 is 14.8 Å². The van der Waals surface area contributed by atoms with Gasteiger partial charge in [-0.2, -0.15) is 0 Å². The molecule has 0 spiro atoms. The smallest absolute Gasteiger partial charge is 0.254 e. The van der Waals surface area contributed by atoms with Crippen LogP contribution in [0.1, 0.15) is 37.6 Å². The maximum absolute atomic E-state index is 12.6. The molecule has 1 fully saturated rings. The highest BCUT2D eigenvalue weighted by Gasteiger charge is 2.22. The van der Waals surface area contributed by atoms with Gasteiger partial charge in [0.1, 0.15) is 0 Å². The minimum atomic E-state index is 0.0466. The molecule has 1 heterocycles. The number of hydrogen-bond acceptors (Lipinski definition) is 4. The number of nitrogens with zero attached hydrogens (tertiary/aromatic N) is 1. The van der Waals surface area contributed by atoms with Crippen LogP contribution in [0.4, 0.5) is 0 Å². The Hall–Kier alpha value is -1.75. The first-order valence-electron chi connectivity index (χ1n) is 8.34. The third kappa shape index (κ3) is 4.86. The SMILES string of the molecule is COc1cc(C(=O)N2CCNC(C)C2)ccc1OCCC(C)C. The van der Waals surface area contributed by atoms with Gasteiger partial charge in [-0.05, 0) is 37.5 Å². The lowest BCUT2D eigenvalue weighted by Crippen LogP contribution is -2.51. The summed E-state index contributed by atoms with van der Waals surface area (Å²) in [5.74, 6) is 1.95. The lowest BCUT2D eigenvalue weighted by Gasteiger charge is -2.32. The van der Waals surface area contributed by atoms with E-state index in [4.69, 9.17) is 9.47 Å². The topological polar surface area (TPSA) is 50.8 Å². The summed E-state index contributed by atoms with van der Waals surface area (Å²) in [6, 6.07) is 5.76. The van der Waals surface area contributed by atoms with Crippen molar-refractivity contribution in [2.45, 2.75) is 33.2 Å². The molecule has 1 atom stereocenters. The van der Waals surface area contributed by atoms with Crippen LogP contribution in [0.3, 0.4) is 0 Å². The van der Waals surface area contributed by atoms with Gasteiger partial charge in [-0.25, -0.2) is 0 Å². The average Bonchev–Trinajstić information content (AvgIpc) is 2.54. The average molecular weight is 320 g/mol. The summed E-state index contributed by atoms with van der Waals surface area (Å²) in [5.41, 5.74) is 0.646. The van der Waals surface area contributed by atoms with Gasteiger partial charge in [-0.1, -0.05) is 13.8 Å². The van der Waals surface area contributed by atoms with E-state index in [0.29, 0.717) is 35.6 Å². The van der Waals surface area contributed by atoms with Crippen LogP contribution >= 0.6 is 0 Å². The molecule has 0 bridgehead atoms. The Kier molecular flexibility index (Phi) is 6.28. The van der Waals surface area contributed by atoms with Gasteiger partial charge in [0.2, 0.25) is 0 Å². The summed E-state index contributed by atoms with van der Waals surface area (Å²) >= 11 is 0. The summed E-state index contributed by atoms with van der Waals surface area (Å²) in [6.07, 6.45) is 0.989. The van der Waals surface area contributed by atoms with Crippen molar-refractivity contribution in [1.82, 2.24) is 10.2 Å². The van der Waals surface area contributed by atoms with Gasteiger partial charge in [0, 0.05) is 31.2 Å². The molecule has 0 saturated carbocycles. The van der Waals surface area contributed by atoms with E-state index in [1.807, 2.05) is 17.0 Å². The van der Waals surface area contributed by atoms with E-state index in [0.717, 1.165) is 26.1 Å². The van der Waals surface area contributed by atoms with Crippen molar-refractivity contribution < 1.29 is 14.3 Å². The Morgan fingerprint density at radius 3 is 2.83 bits per heavy atom. The largest absolute Gasteiger partial charge is 0.493 e. The molecule has 2 rings (SSSR count). The third-order valence-electron chi connectivity index (χ3n) is 4.02. The van der Waals surface area contributed by atoms with Crippen molar-refractivity contribution in [3.8, 4) is 11.5 Å². The molecule has 0 aromatic heterocycles. The van der Waals surface area contributed by atoms with Gasteiger partial charge in [-0.3, -0.25) is 4.79 Å². The van der Waals surface area contributed by atoms with Gasteiger partial charge < -0.3 is 19.7 Å². The van der Waals surface area contributed by atoms with Crippen LogP contribution in [-0.2, 0) is 0 Å². The fraction of sp³-hybridized carbons (Fsp3) is 0.611. The molecule has 1 aliphatic heterocycles. The van der Waals surface area contributed by atoms with Crippen LogP contribution in [0.15, 0.2) is 18.2 Å². The number of hydrogen-bond donors (Lipinski definition) is 1. The molecule has 1 amide bonds. The monoisotopic (exact) mass is 320 g/mol. The number of amides is 1. The first-order valence-corrected chi connectivity index (χ1v) is 8.34. The standard InChI is InChI=1S/C18H28N2O3/c1-13(2)7-10-23-16-6-5-15(11-17(16)22-4)18(21)20-9-8-19-14(3)12-20/h5-6,11,13-14,19H,7-10,12H2,1-4H3. The fourth-order valence-corrected chi connectivity index (χ4v) is 2.62. The van der Waals surface area contributed by atoms with E-state index >= 15 is 0 Å². The number of rotatable bonds is 6. The van der Waals surface area contributed by atoms with Crippen molar-refractivity contribution in [3.63, 3.8) is 0 Å². The molecule has 1 aliphatic rings. The van der Waals surface area contributed by atoms with Gasteiger partial charge in [0.05, 0.1) is 13.7 Å². The molecule has 1 saturated heterocycles. The molecule has 0 aliphatic carbocycles. The first kappa shape index (κ1) is 17.6. The molecular formula is C18H28N2O3.